The van der Waals surface area contributed by atoms with Gasteiger partial charge in [-0.25, -0.2) is 0 Å². The molecule has 0 aliphatic carbocycles. The number of hydrogen-bond acceptors (Lipinski definition) is 4. The maximum absolute atomic E-state index is 11.4. The molecular formula is C14H21N3O2. The molecule has 0 spiro atoms. The van der Waals surface area contributed by atoms with Crippen LogP contribution in [0, 0.1) is 5.92 Å². The van der Waals surface area contributed by atoms with Crippen molar-refractivity contribution < 1.29 is 9.53 Å². The number of nitrogen functional groups attached to an aromatic ring is 1. The molecular weight excluding hydrogens is 242 g/mol. The van der Waals surface area contributed by atoms with Gasteiger partial charge in [0.2, 0.25) is 0 Å². The Balaban J connectivity index is 2.06. The average Bonchev–Trinajstić information content (AvgIpc) is 2.83. The largest absolute Gasteiger partial charge is 0.399 e. The van der Waals surface area contributed by atoms with Crippen molar-refractivity contribution in [3.05, 3.63) is 23.8 Å². The van der Waals surface area contributed by atoms with Crippen LogP contribution in [-0.4, -0.2) is 25.2 Å². The summed E-state index contributed by atoms with van der Waals surface area (Å²) < 4.78 is 5.65. The number of nitrogens with two attached hydrogens (primary N) is 2. The predicted octanol–water partition coefficient (Wildman–Crippen LogP) is 1.59. The number of carbonyl (C=O) groups excluding carboxylic acids is 1. The third-order valence-electron chi connectivity index (χ3n) is 3.61. The van der Waals surface area contributed by atoms with Crippen molar-refractivity contribution in [3.8, 4) is 0 Å². The maximum atomic E-state index is 11.4. The molecule has 1 fully saturated rings. The third kappa shape index (κ3) is 3.17. The molecule has 0 radical (unpaired) electrons. The Morgan fingerprint density at radius 2 is 2.32 bits per heavy atom. The molecule has 104 valence electrons. The van der Waals surface area contributed by atoms with Crippen LogP contribution in [0.1, 0.15) is 30.1 Å². The average molecular weight is 263 g/mol. The zero-order valence-electron chi connectivity index (χ0n) is 11.2. The van der Waals surface area contributed by atoms with E-state index in [0.29, 0.717) is 29.0 Å². The Bertz CT molecular complexity index is 462. The Morgan fingerprint density at radius 1 is 1.53 bits per heavy atom. The van der Waals surface area contributed by atoms with Crippen molar-refractivity contribution in [3.63, 3.8) is 0 Å². The van der Waals surface area contributed by atoms with E-state index in [1.165, 1.54) is 0 Å². The first-order valence-electron chi connectivity index (χ1n) is 6.66. The van der Waals surface area contributed by atoms with Gasteiger partial charge in [0.05, 0.1) is 11.7 Å². The zero-order valence-corrected chi connectivity index (χ0v) is 11.2. The summed E-state index contributed by atoms with van der Waals surface area (Å²) in [7, 11) is 0. The van der Waals surface area contributed by atoms with Gasteiger partial charge in [0.15, 0.2) is 0 Å². The minimum Gasteiger partial charge on any atom is -0.399 e. The fourth-order valence-electron chi connectivity index (χ4n) is 2.54. The molecule has 5 N–H and O–H groups in total. The van der Waals surface area contributed by atoms with Gasteiger partial charge in [-0.15, -0.1) is 0 Å². The van der Waals surface area contributed by atoms with Crippen molar-refractivity contribution in [1.29, 1.82) is 0 Å². The fourth-order valence-corrected chi connectivity index (χ4v) is 2.54. The lowest BCUT2D eigenvalue weighted by molar-refractivity contribution is 0.0900. The predicted molar refractivity (Wildman–Crippen MR) is 76.0 cm³/mol. The quantitative estimate of drug-likeness (QED) is 0.704. The number of primary amides is 1. The topological polar surface area (TPSA) is 90.4 Å². The van der Waals surface area contributed by atoms with Gasteiger partial charge in [0, 0.05) is 30.4 Å². The van der Waals surface area contributed by atoms with E-state index in [1.807, 2.05) is 0 Å². The lowest BCUT2D eigenvalue weighted by atomic mass is 9.99. The van der Waals surface area contributed by atoms with E-state index >= 15 is 0 Å². The maximum Gasteiger partial charge on any atom is 0.250 e. The molecule has 5 heteroatoms. The smallest absolute Gasteiger partial charge is 0.250 e. The van der Waals surface area contributed by atoms with Gasteiger partial charge in [0.1, 0.15) is 0 Å². The Morgan fingerprint density at radius 3 is 3.00 bits per heavy atom. The van der Waals surface area contributed by atoms with Gasteiger partial charge in [-0.05, 0) is 31.0 Å². The summed E-state index contributed by atoms with van der Waals surface area (Å²) in [6.45, 7) is 3.70. The van der Waals surface area contributed by atoms with Crippen molar-refractivity contribution in [2.45, 2.75) is 25.9 Å². The molecule has 2 unspecified atom stereocenters. The molecule has 2 rings (SSSR count). The molecule has 5 nitrogen and oxygen atoms in total. The number of nitrogens with one attached hydrogen (secondary N) is 1. The van der Waals surface area contributed by atoms with Gasteiger partial charge >= 0.3 is 0 Å². The van der Waals surface area contributed by atoms with Crippen LogP contribution in [0.3, 0.4) is 0 Å². The number of carbonyl (C=O) groups is 1. The molecule has 1 amide bonds. The van der Waals surface area contributed by atoms with Crippen molar-refractivity contribution in [2.75, 3.05) is 24.2 Å². The molecule has 2 atom stereocenters. The molecule has 1 aromatic rings. The summed E-state index contributed by atoms with van der Waals surface area (Å²) in [6.07, 6.45) is 2.34. The van der Waals surface area contributed by atoms with Crippen LogP contribution in [0.25, 0.3) is 0 Å². The van der Waals surface area contributed by atoms with Crippen molar-refractivity contribution >= 4 is 17.3 Å². The number of ether oxygens (including phenoxy) is 1. The lowest BCUT2D eigenvalue weighted by Crippen LogP contribution is -2.24. The molecule has 0 aromatic heterocycles. The van der Waals surface area contributed by atoms with Crippen LogP contribution in [0.5, 0.6) is 0 Å². The van der Waals surface area contributed by atoms with Gasteiger partial charge in [-0.1, -0.05) is 6.92 Å². The molecule has 1 heterocycles. The van der Waals surface area contributed by atoms with Crippen LogP contribution in [0.15, 0.2) is 18.2 Å². The summed E-state index contributed by atoms with van der Waals surface area (Å²) in [5.74, 6) is 0.0179. The summed E-state index contributed by atoms with van der Waals surface area (Å²) in [5.41, 5.74) is 12.9. The molecule has 1 aliphatic rings. The van der Waals surface area contributed by atoms with Gasteiger partial charge in [0.25, 0.3) is 5.91 Å². The molecule has 0 saturated carbocycles. The van der Waals surface area contributed by atoms with Crippen molar-refractivity contribution in [2.24, 2.45) is 11.7 Å². The van der Waals surface area contributed by atoms with E-state index in [0.717, 1.165) is 26.0 Å². The van der Waals surface area contributed by atoms with E-state index < -0.39 is 5.91 Å². The second-order valence-corrected chi connectivity index (χ2v) is 4.92. The second kappa shape index (κ2) is 5.93. The molecule has 0 bridgehead atoms. The zero-order chi connectivity index (χ0) is 13.8. The van der Waals surface area contributed by atoms with E-state index in [2.05, 4.69) is 12.2 Å². The molecule has 1 aliphatic heterocycles. The minimum absolute atomic E-state index is 0.297. The summed E-state index contributed by atoms with van der Waals surface area (Å²) in [5, 5.41) is 3.28. The Kier molecular flexibility index (Phi) is 4.27. The van der Waals surface area contributed by atoms with Crippen LogP contribution in [0.2, 0.25) is 0 Å². The first kappa shape index (κ1) is 13.7. The highest BCUT2D eigenvalue weighted by atomic mass is 16.5. The number of benzene rings is 1. The summed E-state index contributed by atoms with van der Waals surface area (Å²) >= 11 is 0. The lowest BCUT2D eigenvalue weighted by Gasteiger charge is -2.19. The summed E-state index contributed by atoms with van der Waals surface area (Å²) in [6, 6.07) is 5.08. The monoisotopic (exact) mass is 263 g/mol. The Labute approximate surface area is 113 Å². The Hall–Kier alpha value is -1.75. The molecule has 19 heavy (non-hydrogen) atoms. The minimum atomic E-state index is -0.447. The highest BCUT2D eigenvalue weighted by molar-refractivity contribution is 5.99. The highest BCUT2D eigenvalue weighted by Crippen LogP contribution is 2.25. The van der Waals surface area contributed by atoms with Gasteiger partial charge in [-0.2, -0.15) is 0 Å². The standard InChI is InChI=1S/C14H21N3O2/c1-2-13-9(5-6-19-13)8-17-12-7-10(15)3-4-11(12)14(16)18/h3-4,7,9,13,17H,2,5-6,8,15H2,1H3,(H2,16,18). The van der Waals surface area contributed by atoms with E-state index in [4.69, 9.17) is 16.2 Å². The second-order valence-electron chi connectivity index (χ2n) is 4.92. The summed E-state index contributed by atoms with van der Waals surface area (Å²) in [4.78, 5) is 11.4. The number of anilines is 2. The van der Waals surface area contributed by atoms with Crippen molar-refractivity contribution in [1.82, 2.24) is 0 Å². The van der Waals surface area contributed by atoms with Crippen LogP contribution < -0.4 is 16.8 Å². The van der Waals surface area contributed by atoms with Crippen LogP contribution >= 0.6 is 0 Å². The van der Waals surface area contributed by atoms with Gasteiger partial charge in [-0.3, -0.25) is 4.79 Å². The normalized spacial score (nSPS) is 22.4. The van der Waals surface area contributed by atoms with E-state index in [-0.39, 0.29) is 0 Å². The van der Waals surface area contributed by atoms with E-state index in [1.54, 1.807) is 18.2 Å². The third-order valence-corrected chi connectivity index (χ3v) is 3.61. The highest BCUT2D eigenvalue weighted by Gasteiger charge is 2.26. The first-order chi connectivity index (χ1) is 9.11. The van der Waals surface area contributed by atoms with Crippen LogP contribution in [0.4, 0.5) is 11.4 Å². The van der Waals surface area contributed by atoms with Crippen LogP contribution in [-0.2, 0) is 4.74 Å². The number of amides is 1. The molecule has 1 aromatic carbocycles. The van der Waals surface area contributed by atoms with E-state index in [9.17, 15) is 4.79 Å². The fraction of sp³-hybridized carbons (Fsp3) is 0.500. The van der Waals surface area contributed by atoms with Gasteiger partial charge < -0.3 is 21.5 Å². The number of rotatable bonds is 5. The SMILES string of the molecule is CCC1OCCC1CNc1cc(N)ccc1C(N)=O. The number of hydrogen-bond donors (Lipinski definition) is 3. The first-order valence-corrected chi connectivity index (χ1v) is 6.66. The molecule has 1 saturated heterocycles.